The summed E-state index contributed by atoms with van der Waals surface area (Å²) in [5, 5.41) is 4.17. The van der Waals surface area contributed by atoms with Crippen LogP contribution in [0.15, 0.2) is 24.7 Å². The largest absolute Gasteiger partial charge is 0.326 e. The number of rotatable bonds is 2. The summed E-state index contributed by atoms with van der Waals surface area (Å²) in [7, 11) is 0. The van der Waals surface area contributed by atoms with Crippen LogP contribution < -0.4 is 5.73 Å². The van der Waals surface area contributed by atoms with Gasteiger partial charge in [0.15, 0.2) is 0 Å². The predicted octanol–water partition coefficient (Wildman–Crippen LogP) is 0.429. The van der Waals surface area contributed by atoms with Gasteiger partial charge >= 0.3 is 0 Å². The fourth-order valence-corrected chi connectivity index (χ4v) is 1.25. The van der Waals surface area contributed by atoms with Gasteiger partial charge < -0.3 is 5.73 Å². The Labute approximate surface area is 81.6 Å². The van der Waals surface area contributed by atoms with Crippen LogP contribution in [-0.2, 0) is 6.54 Å². The van der Waals surface area contributed by atoms with Gasteiger partial charge in [-0.15, -0.1) is 0 Å². The Balaban J connectivity index is 2.48. The molecule has 14 heavy (non-hydrogen) atoms. The van der Waals surface area contributed by atoms with Crippen LogP contribution in [0.1, 0.15) is 11.3 Å². The molecule has 0 aliphatic carbocycles. The minimum absolute atomic E-state index is 0.485. The fourth-order valence-electron chi connectivity index (χ4n) is 1.25. The molecule has 72 valence electrons. The molecule has 2 rings (SSSR count). The van der Waals surface area contributed by atoms with Crippen LogP contribution >= 0.6 is 0 Å². The van der Waals surface area contributed by atoms with Crippen molar-refractivity contribution in [2.24, 2.45) is 5.73 Å². The molecule has 0 aromatic carbocycles. The monoisotopic (exact) mass is 189 g/mol. The molecule has 5 nitrogen and oxygen atoms in total. The smallest absolute Gasteiger partial charge is 0.250 e. The van der Waals surface area contributed by atoms with Crippen molar-refractivity contribution in [3.05, 3.63) is 35.9 Å². The van der Waals surface area contributed by atoms with Crippen molar-refractivity contribution in [3.63, 3.8) is 0 Å². The van der Waals surface area contributed by atoms with Crippen molar-refractivity contribution in [1.29, 1.82) is 0 Å². The normalized spacial score (nSPS) is 10.4. The van der Waals surface area contributed by atoms with Crippen molar-refractivity contribution >= 4 is 0 Å². The first-order chi connectivity index (χ1) is 6.83. The maximum absolute atomic E-state index is 5.55. The molecular weight excluding hydrogens is 178 g/mol. The van der Waals surface area contributed by atoms with Crippen molar-refractivity contribution in [1.82, 2.24) is 19.7 Å². The molecule has 2 heterocycles. The van der Waals surface area contributed by atoms with Crippen LogP contribution in [0.4, 0.5) is 0 Å². The molecule has 0 atom stereocenters. The van der Waals surface area contributed by atoms with E-state index >= 15 is 0 Å². The standard InChI is InChI=1S/C9H11N5/c1-7-8(5-10)6-13-14(7)9-11-3-2-4-12-9/h2-4,6H,5,10H2,1H3. The lowest BCUT2D eigenvalue weighted by molar-refractivity contribution is 0.780. The SMILES string of the molecule is Cc1c(CN)cnn1-c1ncccn1. The molecular formula is C9H11N5. The molecule has 0 fully saturated rings. The summed E-state index contributed by atoms with van der Waals surface area (Å²) < 4.78 is 1.68. The van der Waals surface area contributed by atoms with Crippen molar-refractivity contribution < 1.29 is 0 Å². The molecule has 0 radical (unpaired) electrons. The topological polar surface area (TPSA) is 69.6 Å². The first-order valence-corrected chi connectivity index (χ1v) is 4.34. The summed E-state index contributed by atoms with van der Waals surface area (Å²) in [4.78, 5) is 8.21. The highest BCUT2D eigenvalue weighted by Crippen LogP contribution is 2.09. The van der Waals surface area contributed by atoms with E-state index in [2.05, 4.69) is 15.1 Å². The van der Waals surface area contributed by atoms with Gasteiger partial charge in [0.05, 0.1) is 6.20 Å². The summed E-state index contributed by atoms with van der Waals surface area (Å²) >= 11 is 0. The second-order valence-electron chi connectivity index (χ2n) is 2.92. The molecule has 0 saturated heterocycles. The number of hydrogen-bond donors (Lipinski definition) is 1. The summed E-state index contributed by atoms with van der Waals surface area (Å²) in [6, 6.07) is 1.77. The third-order valence-corrected chi connectivity index (χ3v) is 2.07. The van der Waals surface area contributed by atoms with Gasteiger partial charge in [-0.1, -0.05) is 0 Å². The lowest BCUT2D eigenvalue weighted by Crippen LogP contribution is -2.05. The Kier molecular flexibility index (Phi) is 2.24. The molecule has 0 aliphatic rings. The molecule has 2 aromatic rings. The van der Waals surface area contributed by atoms with Crippen LogP contribution in [0.5, 0.6) is 0 Å². The zero-order valence-corrected chi connectivity index (χ0v) is 7.88. The minimum atomic E-state index is 0.485. The van der Waals surface area contributed by atoms with Crippen LogP contribution in [0.3, 0.4) is 0 Å². The van der Waals surface area contributed by atoms with E-state index in [4.69, 9.17) is 5.73 Å². The Morgan fingerprint density at radius 3 is 2.64 bits per heavy atom. The van der Waals surface area contributed by atoms with E-state index in [0.717, 1.165) is 11.3 Å². The highest BCUT2D eigenvalue weighted by molar-refractivity contribution is 5.22. The molecule has 0 bridgehead atoms. The predicted molar refractivity (Wildman–Crippen MR) is 51.8 cm³/mol. The Morgan fingerprint density at radius 2 is 2.07 bits per heavy atom. The summed E-state index contributed by atoms with van der Waals surface area (Å²) in [5.74, 6) is 0.574. The van der Waals surface area contributed by atoms with E-state index in [1.165, 1.54) is 0 Å². The van der Waals surface area contributed by atoms with Crippen LogP contribution in [-0.4, -0.2) is 19.7 Å². The maximum Gasteiger partial charge on any atom is 0.250 e. The first kappa shape index (κ1) is 8.83. The zero-order chi connectivity index (χ0) is 9.97. The number of hydrogen-bond acceptors (Lipinski definition) is 4. The van der Waals surface area contributed by atoms with Crippen molar-refractivity contribution in [3.8, 4) is 5.95 Å². The molecule has 0 unspecified atom stereocenters. The average Bonchev–Trinajstić information content (AvgIpc) is 2.61. The maximum atomic E-state index is 5.55. The van der Waals surface area contributed by atoms with Gasteiger partial charge in [-0.25, -0.2) is 14.6 Å². The Morgan fingerprint density at radius 1 is 1.36 bits per heavy atom. The van der Waals surface area contributed by atoms with E-state index in [-0.39, 0.29) is 0 Å². The summed E-state index contributed by atoms with van der Waals surface area (Å²) in [6.45, 7) is 2.43. The summed E-state index contributed by atoms with van der Waals surface area (Å²) in [6.07, 6.45) is 5.11. The number of nitrogens with zero attached hydrogens (tertiary/aromatic N) is 4. The van der Waals surface area contributed by atoms with Crippen molar-refractivity contribution in [2.45, 2.75) is 13.5 Å². The molecule has 0 aliphatic heterocycles. The van der Waals surface area contributed by atoms with Crippen LogP contribution in [0.2, 0.25) is 0 Å². The average molecular weight is 189 g/mol. The van der Waals surface area contributed by atoms with Crippen LogP contribution in [0, 0.1) is 6.92 Å². The van der Waals surface area contributed by atoms with E-state index in [0.29, 0.717) is 12.5 Å². The molecule has 5 heteroatoms. The van der Waals surface area contributed by atoms with Gasteiger partial charge in [0.25, 0.3) is 5.95 Å². The molecule has 0 amide bonds. The van der Waals surface area contributed by atoms with E-state index in [1.54, 1.807) is 29.3 Å². The van der Waals surface area contributed by atoms with Gasteiger partial charge in [0.1, 0.15) is 0 Å². The lowest BCUT2D eigenvalue weighted by atomic mass is 10.3. The third kappa shape index (κ3) is 1.38. The van der Waals surface area contributed by atoms with Gasteiger partial charge in [0, 0.05) is 30.2 Å². The van der Waals surface area contributed by atoms with Crippen LogP contribution in [0.25, 0.3) is 5.95 Å². The quantitative estimate of drug-likeness (QED) is 0.743. The molecule has 2 N–H and O–H groups in total. The van der Waals surface area contributed by atoms with Gasteiger partial charge in [-0.2, -0.15) is 5.10 Å². The highest BCUT2D eigenvalue weighted by atomic mass is 15.3. The van der Waals surface area contributed by atoms with E-state index in [9.17, 15) is 0 Å². The molecule has 0 spiro atoms. The van der Waals surface area contributed by atoms with E-state index in [1.807, 2.05) is 6.92 Å². The fraction of sp³-hybridized carbons (Fsp3) is 0.222. The number of nitrogens with two attached hydrogens (primary N) is 1. The Hall–Kier alpha value is -1.75. The molecule has 0 saturated carbocycles. The van der Waals surface area contributed by atoms with E-state index < -0.39 is 0 Å². The van der Waals surface area contributed by atoms with Gasteiger partial charge in [-0.05, 0) is 13.0 Å². The second kappa shape index (κ2) is 3.55. The first-order valence-electron chi connectivity index (χ1n) is 4.34. The highest BCUT2D eigenvalue weighted by Gasteiger charge is 2.07. The Bertz CT molecular complexity index is 420. The molecule has 2 aromatic heterocycles. The third-order valence-electron chi connectivity index (χ3n) is 2.07. The van der Waals surface area contributed by atoms with Crippen molar-refractivity contribution in [2.75, 3.05) is 0 Å². The zero-order valence-electron chi connectivity index (χ0n) is 7.88. The van der Waals surface area contributed by atoms with Gasteiger partial charge in [-0.3, -0.25) is 0 Å². The minimum Gasteiger partial charge on any atom is -0.326 e. The number of aromatic nitrogens is 4. The lowest BCUT2D eigenvalue weighted by Gasteiger charge is -2.01. The van der Waals surface area contributed by atoms with Gasteiger partial charge in [0.2, 0.25) is 0 Å². The second-order valence-corrected chi connectivity index (χ2v) is 2.92. The summed E-state index contributed by atoms with van der Waals surface area (Å²) in [5.41, 5.74) is 7.54.